The van der Waals surface area contributed by atoms with Gasteiger partial charge in [0.2, 0.25) is 0 Å². The predicted octanol–water partition coefficient (Wildman–Crippen LogP) is 3.90. The van der Waals surface area contributed by atoms with E-state index in [-0.39, 0.29) is 11.6 Å². The van der Waals surface area contributed by atoms with Crippen LogP contribution < -0.4 is 10.2 Å². The van der Waals surface area contributed by atoms with Crippen LogP contribution in [-0.2, 0) is 4.74 Å². The molecule has 1 aliphatic rings. The lowest BCUT2D eigenvalue weighted by molar-refractivity contribution is -0.384. The van der Waals surface area contributed by atoms with E-state index in [4.69, 9.17) is 4.74 Å². The first-order valence-corrected chi connectivity index (χ1v) is 10.0. The highest BCUT2D eigenvalue weighted by Crippen LogP contribution is 2.22. The van der Waals surface area contributed by atoms with Crippen LogP contribution in [0.25, 0.3) is 0 Å². The van der Waals surface area contributed by atoms with Crippen LogP contribution >= 0.6 is 0 Å². The quantitative estimate of drug-likeness (QED) is 0.587. The molecule has 9 nitrogen and oxygen atoms in total. The van der Waals surface area contributed by atoms with Crippen molar-refractivity contribution < 1.29 is 19.2 Å². The fourth-order valence-corrected chi connectivity index (χ4v) is 3.29. The van der Waals surface area contributed by atoms with Gasteiger partial charge >= 0.3 is 6.09 Å². The Kier molecular flexibility index (Phi) is 6.43. The van der Waals surface area contributed by atoms with Crippen molar-refractivity contribution in [3.63, 3.8) is 0 Å². The number of nitrogens with zero attached hydrogens (tertiary/aromatic N) is 3. The highest BCUT2D eigenvalue weighted by atomic mass is 16.6. The lowest BCUT2D eigenvalue weighted by Crippen LogP contribution is -2.48. The molecule has 1 fully saturated rings. The van der Waals surface area contributed by atoms with Crippen molar-refractivity contribution in [3.05, 3.63) is 64.2 Å². The van der Waals surface area contributed by atoms with Crippen molar-refractivity contribution in [1.82, 2.24) is 4.90 Å². The number of nitrogens with one attached hydrogen (secondary N) is 1. The molecule has 0 saturated carbocycles. The minimum Gasteiger partial charge on any atom is -0.444 e. The Hall–Kier alpha value is -3.62. The van der Waals surface area contributed by atoms with Crippen LogP contribution in [0.1, 0.15) is 31.1 Å². The summed E-state index contributed by atoms with van der Waals surface area (Å²) in [4.78, 5) is 39.1. The first-order valence-electron chi connectivity index (χ1n) is 10.0. The summed E-state index contributed by atoms with van der Waals surface area (Å²) in [5.74, 6) is -0.115. The van der Waals surface area contributed by atoms with E-state index in [9.17, 15) is 19.7 Å². The summed E-state index contributed by atoms with van der Waals surface area (Å²) in [6.07, 6.45) is -0.575. The molecule has 9 heteroatoms. The Morgan fingerprint density at radius 2 is 1.68 bits per heavy atom. The zero-order chi connectivity index (χ0) is 22.6. The van der Waals surface area contributed by atoms with Crippen LogP contribution in [0.3, 0.4) is 0 Å². The molecule has 1 aliphatic heterocycles. The number of hydrogen-bond acceptors (Lipinski definition) is 6. The van der Waals surface area contributed by atoms with Crippen LogP contribution in [0, 0.1) is 10.1 Å². The second-order valence-electron chi connectivity index (χ2n) is 8.26. The van der Waals surface area contributed by atoms with Gasteiger partial charge in [-0.2, -0.15) is 0 Å². The third-order valence-corrected chi connectivity index (χ3v) is 4.75. The van der Waals surface area contributed by atoms with Gasteiger partial charge in [-0.15, -0.1) is 0 Å². The largest absolute Gasteiger partial charge is 0.444 e. The van der Waals surface area contributed by atoms with E-state index in [1.54, 1.807) is 62.1 Å². The Labute approximate surface area is 180 Å². The van der Waals surface area contributed by atoms with Crippen LogP contribution in [0.5, 0.6) is 0 Å². The fraction of sp³-hybridized carbons (Fsp3) is 0.364. The van der Waals surface area contributed by atoms with E-state index in [1.807, 2.05) is 0 Å². The van der Waals surface area contributed by atoms with Gasteiger partial charge in [-0.3, -0.25) is 20.2 Å². The maximum atomic E-state index is 12.9. The van der Waals surface area contributed by atoms with E-state index in [1.165, 1.54) is 12.1 Å². The molecule has 2 aromatic carbocycles. The number of nitro benzene ring substituents is 1. The number of hydrogen-bond donors (Lipinski definition) is 1. The number of non-ortho nitro benzene ring substituents is 1. The van der Waals surface area contributed by atoms with E-state index in [0.717, 1.165) is 5.69 Å². The normalized spacial score (nSPS) is 14.2. The van der Waals surface area contributed by atoms with Gasteiger partial charge in [0, 0.05) is 55.2 Å². The summed E-state index contributed by atoms with van der Waals surface area (Å²) in [7, 11) is 0. The monoisotopic (exact) mass is 426 g/mol. The molecule has 164 valence electrons. The van der Waals surface area contributed by atoms with Gasteiger partial charge in [-0.05, 0) is 51.1 Å². The molecule has 0 spiro atoms. The zero-order valence-corrected chi connectivity index (χ0v) is 17.8. The fourth-order valence-electron chi connectivity index (χ4n) is 3.29. The number of benzene rings is 2. The molecule has 0 unspecified atom stereocenters. The van der Waals surface area contributed by atoms with Crippen molar-refractivity contribution in [3.8, 4) is 0 Å². The zero-order valence-electron chi connectivity index (χ0n) is 17.8. The number of amides is 2. The smallest absolute Gasteiger partial charge is 0.412 e. The number of carbonyl (C=O) groups is 2. The van der Waals surface area contributed by atoms with Gasteiger partial charge in [-0.1, -0.05) is 6.07 Å². The summed E-state index contributed by atoms with van der Waals surface area (Å²) in [5, 5.41) is 13.5. The molecule has 1 N–H and O–H groups in total. The summed E-state index contributed by atoms with van der Waals surface area (Å²) >= 11 is 0. The molecular formula is C22H26N4O5. The molecule has 0 atom stereocenters. The molecule has 0 radical (unpaired) electrons. The second kappa shape index (κ2) is 9.03. The van der Waals surface area contributed by atoms with Crippen LogP contribution in [-0.4, -0.2) is 53.6 Å². The molecule has 1 saturated heterocycles. The highest BCUT2D eigenvalue weighted by Gasteiger charge is 2.23. The number of carbonyl (C=O) groups excluding carboxylic acids is 2. The third-order valence-electron chi connectivity index (χ3n) is 4.75. The SMILES string of the molecule is CC(C)(C)OC(=O)Nc1cccc(C(=O)N2CCN(c3ccc([N+](=O)[O-])cc3)CC2)c1. The lowest BCUT2D eigenvalue weighted by atomic mass is 10.1. The lowest BCUT2D eigenvalue weighted by Gasteiger charge is -2.36. The van der Waals surface area contributed by atoms with Gasteiger partial charge < -0.3 is 14.5 Å². The maximum absolute atomic E-state index is 12.9. The standard InChI is InChI=1S/C22H26N4O5/c1-22(2,3)31-21(28)23-17-6-4-5-16(15-17)20(27)25-13-11-24(12-14-25)18-7-9-19(10-8-18)26(29)30/h4-10,15H,11-14H2,1-3H3,(H,23,28). The van der Waals surface area contributed by atoms with Gasteiger partial charge in [0.15, 0.2) is 0 Å². The van der Waals surface area contributed by atoms with Crippen LogP contribution in [0.4, 0.5) is 21.9 Å². The Morgan fingerprint density at radius 3 is 2.26 bits per heavy atom. The topological polar surface area (TPSA) is 105 Å². The molecule has 0 aliphatic carbocycles. The Balaban J connectivity index is 1.59. The summed E-state index contributed by atoms with van der Waals surface area (Å²) in [5.41, 5.74) is 1.31. The molecule has 31 heavy (non-hydrogen) atoms. The molecule has 3 rings (SSSR count). The van der Waals surface area contributed by atoms with E-state index in [0.29, 0.717) is 37.4 Å². The van der Waals surface area contributed by atoms with Crippen molar-refractivity contribution in [1.29, 1.82) is 0 Å². The molecule has 0 aromatic heterocycles. The predicted molar refractivity (Wildman–Crippen MR) is 118 cm³/mol. The first kappa shape index (κ1) is 22.1. The Morgan fingerprint density at radius 1 is 1.03 bits per heavy atom. The van der Waals surface area contributed by atoms with Crippen molar-refractivity contribution in [2.75, 3.05) is 36.4 Å². The highest BCUT2D eigenvalue weighted by molar-refractivity contribution is 5.96. The van der Waals surface area contributed by atoms with Gasteiger partial charge in [0.1, 0.15) is 5.60 Å². The van der Waals surface area contributed by atoms with E-state index in [2.05, 4.69) is 10.2 Å². The second-order valence-corrected chi connectivity index (χ2v) is 8.26. The Bertz CT molecular complexity index is 961. The summed E-state index contributed by atoms with van der Waals surface area (Å²) in [6, 6.07) is 13.2. The first-order chi connectivity index (χ1) is 14.6. The van der Waals surface area contributed by atoms with E-state index < -0.39 is 16.6 Å². The number of ether oxygens (including phenoxy) is 1. The van der Waals surface area contributed by atoms with Gasteiger partial charge in [0.05, 0.1) is 4.92 Å². The molecular weight excluding hydrogens is 400 g/mol. The van der Waals surface area contributed by atoms with Gasteiger partial charge in [0.25, 0.3) is 11.6 Å². The summed E-state index contributed by atoms with van der Waals surface area (Å²) < 4.78 is 5.24. The minimum atomic E-state index is -0.610. The van der Waals surface area contributed by atoms with Crippen molar-refractivity contribution in [2.24, 2.45) is 0 Å². The summed E-state index contributed by atoms with van der Waals surface area (Å²) in [6.45, 7) is 7.65. The van der Waals surface area contributed by atoms with Crippen LogP contribution in [0.2, 0.25) is 0 Å². The van der Waals surface area contributed by atoms with Crippen molar-refractivity contribution in [2.45, 2.75) is 26.4 Å². The van der Waals surface area contributed by atoms with Gasteiger partial charge in [-0.25, -0.2) is 4.79 Å². The average Bonchev–Trinajstić information content (AvgIpc) is 2.72. The molecule has 0 bridgehead atoms. The maximum Gasteiger partial charge on any atom is 0.412 e. The number of piperazine rings is 1. The average molecular weight is 426 g/mol. The number of anilines is 2. The van der Waals surface area contributed by atoms with Crippen LogP contribution in [0.15, 0.2) is 48.5 Å². The van der Waals surface area contributed by atoms with Crippen molar-refractivity contribution >= 4 is 29.1 Å². The molecule has 1 heterocycles. The third kappa shape index (κ3) is 5.94. The molecule has 2 amide bonds. The minimum absolute atomic E-state index is 0.0532. The van der Waals surface area contributed by atoms with E-state index >= 15 is 0 Å². The number of nitro groups is 1. The molecule has 2 aromatic rings. The number of rotatable bonds is 4.